The van der Waals surface area contributed by atoms with Gasteiger partial charge in [0.25, 0.3) is 0 Å². The summed E-state index contributed by atoms with van der Waals surface area (Å²) in [6.45, 7) is 2.06. The first-order chi connectivity index (χ1) is 9.92. The van der Waals surface area contributed by atoms with Crippen molar-refractivity contribution in [2.24, 2.45) is 0 Å². The molecule has 1 atom stereocenters. The van der Waals surface area contributed by atoms with Crippen LogP contribution >= 0.6 is 11.3 Å². The normalized spacial score (nSPS) is 13.0. The lowest BCUT2D eigenvalue weighted by Gasteiger charge is -2.17. The molecule has 1 aromatic carbocycles. The van der Waals surface area contributed by atoms with Crippen LogP contribution in [0.4, 0.5) is 11.4 Å². The first-order valence-electron chi connectivity index (χ1n) is 6.53. The molecule has 0 spiro atoms. The number of nitrogens with one attached hydrogen (secondary N) is 2. The van der Waals surface area contributed by atoms with Crippen LogP contribution < -0.4 is 15.8 Å². The van der Waals surface area contributed by atoms with E-state index >= 15 is 0 Å². The number of hydrogen-bond acceptors (Lipinski definition) is 5. The summed E-state index contributed by atoms with van der Waals surface area (Å²) in [5, 5.41) is 7.47. The summed E-state index contributed by atoms with van der Waals surface area (Å²) in [7, 11) is -2.09. The number of nitrogen functional groups attached to an aromatic ring is 1. The van der Waals surface area contributed by atoms with E-state index in [1.165, 1.54) is 18.7 Å². The molecule has 2 aromatic rings. The molecule has 5 nitrogen and oxygen atoms in total. The predicted molar refractivity (Wildman–Crippen MR) is 88.2 cm³/mol. The zero-order valence-corrected chi connectivity index (χ0v) is 13.6. The molecule has 21 heavy (non-hydrogen) atoms. The monoisotopic (exact) mass is 325 g/mol. The summed E-state index contributed by atoms with van der Waals surface area (Å²) in [5.41, 5.74) is 8.38. The molecule has 114 valence electrons. The molecule has 0 aliphatic rings. The fourth-order valence-corrected chi connectivity index (χ4v) is 3.48. The predicted octanol–water partition coefficient (Wildman–Crippen LogP) is 2.28. The molecule has 0 aliphatic heterocycles. The average molecular weight is 325 g/mol. The number of anilines is 2. The summed E-state index contributed by atoms with van der Waals surface area (Å²) in [5.74, 6) is 0. The molecule has 7 heteroatoms. The van der Waals surface area contributed by atoms with Crippen molar-refractivity contribution in [3.05, 3.63) is 40.6 Å². The van der Waals surface area contributed by atoms with Gasteiger partial charge in [0.2, 0.25) is 10.0 Å². The summed E-state index contributed by atoms with van der Waals surface area (Å²) in [4.78, 5) is 0.165. The first-order valence-corrected chi connectivity index (χ1v) is 8.95. The van der Waals surface area contributed by atoms with Crippen molar-refractivity contribution in [2.75, 3.05) is 18.1 Å². The van der Waals surface area contributed by atoms with E-state index in [0.29, 0.717) is 5.69 Å². The van der Waals surface area contributed by atoms with Crippen molar-refractivity contribution < 1.29 is 8.42 Å². The summed E-state index contributed by atoms with van der Waals surface area (Å²) in [6.07, 6.45) is 0.888. The Morgan fingerprint density at radius 1 is 1.33 bits per heavy atom. The molecular formula is C14H19N3O2S2. The lowest BCUT2D eigenvalue weighted by Crippen LogP contribution is -2.20. The third-order valence-corrected chi connectivity index (χ3v) is 5.27. The molecule has 1 heterocycles. The van der Waals surface area contributed by atoms with E-state index in [1.54, 1.807) is 23.5 Å². The lowest BCUT2D eigenvalue weighted by atomic mass is 10.1. The van der Waals surface area contributed by atoms with Crippen LogP contribution in [0.3, 0.4) is 0 Å². The van der Waals surface area contributed by atoms with E-state index in [9.17, 15) is 8.42 Å². The highest BCUT2D eigenvalue weighted by Crippen LogP contribution is 2.23. The highest BCUT2D eigenvalue weighted by atomic mass is 32.2. The standard InChI is InChI=1S/C14H19N3O2S2/c1-10(7-11-5-6-20-9-11)17-14-4-3-12(8-13(14)15)21(18,19)16-2/h3-6,8-10,16-17H,7,15H2,1-2H3. The fourth-order valence-electron chi connectivity index (χ4n) is 2.04. The quantitative estimate of drug-likeness (QED) is 0.711. The molecule has 0 amide bonds. The SMILES string of the molecule is CNS(=O)(=O)c1ccc(NC(C)Cc2ccsc2)c(N)c1. The zero-order chi connectivity index (χ0) is 15.5. The van der Waals surface area contributed by atoms with Gasteiger partial charge in [0, 0.05) is 6.04 Å². The van der Waals surface area contributed by atoms with Crippen molar-refractivity contribution >= 4 is 32.7 Å². The Balaban J connectivity index is 2.11. The van der Waals surface area contributed by atoms with Gasteiger partial charge in [-0.05, 0) is 61.0 Å². The zero-order valence-electron chi connectivity index (χ0n) is 12.0. The van der Waals surface area contributed by atoms with E-state index in [2.05, 4.69) is 28.4 Å². The van der Waals surface area contributed by atoms with Gasteiger partial charge in [0.1, 0.15) is 0 Å². The molecule has 0 radical (unpaired) electrons. The molecular weight excluding hydrogens is 306 g/mol. The van der Waals surface area contributed by atoms with Crippen molar-refractivity contribution in [1.29, 1.82) is 0 Å². The van der Waals surface area contributed by atoms with Crippen LogP contribution in [0.5, 0.6) is 0 Å². The van der Waals surface area contributed by atoms with Crippen LogP contribution in [0.2, 0.25) is 0 Å². The molecule has 4 N–H and O–H groups in total. The van der Waals surface area contributed by atoms with Gasteiger partial charge in [-0.15, -0.1) is 0 Å². The minimum Gasteiger partial charge on any atom is -0.397 e. The maximum atomic E-state index is 11.7. The minimum absolute atomic E-state index is 0.165. The summed E-state index contributed by atoms with van der Waals surface area (Å²) in [6, 6.07) is 7.00. The van der Waals surface area contributed by atoms with E-state index in [1.807, 2.05) is 5.38 Å². The Bertz CT molecular complexity index is 697. The highest BCUT2D eigenvalue weighted by Gasteiger charge is 2.13. The lowest BCUT2D eigenvalue weighted by molar-refractivity contribution is 0.588. The van der Waals surface area contributed by atoms with Crippen LogP contribution in [-0.4, -0.2) is 21.5 Å². The number of hydrogen-bond donors (Lipinski definition) is 3. The van der Waals surface area contributed by atoms with Gasteiger partial charge in [-0.2, -0.15) is 11.3 Å². The van der Waals surface area contributed by atoms with Crippen molar-refractivity contribution in [3.63, 3.8) is 0 Å². The van der Waals surface area contributed by atoms with Crippen LogP contribution in [0.25, 0.3) is 0 Å². The van der Waals surface area contributed by atoms with Crippen molar-refractivity contribution in [2.45, 2.75) is 24.3 Å². The topological polar surface area (TPSA) is 84.2 Å². The maximum absolute atomic E-state index is 11.7. The molecule has 1 unspecified atom stereocenters. The van der Waals surface area contributed by atoms with Crippen LogP contribution in [0.1, 0.15) is 12.5 Å². The van der Waals surface area contributed by atoms with Crippen LogP contribution in [0, 0.1) is 0 Å². The van der Waals surface area contributed by atoms with Gasteiger partial charge in [-0.25, -0.2) is 13.1 Å². The van der Waals surface area contributed by atoms with Crippen LogP contribution in [0.15, 0.2) is 39.9 Å². The number of sulfonamides is 1. The Kier molecular flexibility index (Phi) is 4.87. The minimum atomic E-state index is -3.46. The second kappa shape index (κ2) is 6.46. The van der Waals surface area contributed by atoms with E-state index in [4.69, 9.17) is 5.73 Å². The summed E-state index contributed by atoms with van der Waals surface area (Å²) >= 11 is 1.67. The van der Waals surface area contributed by atoms with Gasteiger partial charge in [0.15, 0.2) is 0 Å². The number of rotatable bonds is 6. The number of thiophene rings is 1. The van der Waals surface area contributed by atoms with Gasteiger partial charge < -0.3 is 11.1 Å². The second-order valence-corrected chi connectivity index (χ2v) is 7.50. The largest absolute Gasteiger partial charge is 0.397 e. The Morgan fingerprint density at radius 3 is 2.67 bits per heavy atom. The molecule has 0 saturated heterocycles. The molecule has 0 aliphatic carbocycles. The highest BCUT2D eigenvalue weighted by molar-refractivity contribution is 7.89. The molecule has 0 saturated carbocycles. The third kappa shape index (κ3) is 3.96. The number of nitrogens with two attached hydrogens (primary N) is 1. The van der Waals surface area contributed by atoms with E-state index < -0.39 is 10.0 Å². The smallest absolute Gasteiger partial charge is 0.240 e. The van der Waals surface area contributed by atoms with Gasteiger partial charge in [0.05, 0.1) is 16.3 Å². The second-order valence-electron chi connectivity index (χ2n) is 4.84. The number of benzene rings is 1. The first kappa shape index (κ1) is 15.8. The van der Waals surface area contributed by atoms with Gasteiger partial charge >= 0.3 is 0 Å². The fraction of sp³-hybridized carbons (Fsp3) is 0.286. The van der Waals surface area contributed by atoms with Crippen LogP contribution in [-0.2, 0) is 16.4 Å². The van der Waals surface area contributed by atoms with Gasteiger partial charge in [-0.1, -0.05) is 0 Å². The van der Waals surface area contributed by atoms with Gasteiger partial charge in [-0.3, -0.25) is 0 Å². The third-order valence-electron chi connectivity index (χ3n) is 3.13. The maximum Gasteiger partial charge on any atom is 0.240 e. The van der Waals surface area contributed by atoms with Crippen molar-refractivity contribution in [3.8, 4) is 0 Å². The van der Waals surface area contributed by atoms with E-state index in [0.717, 1.165) is 12.1 Å². The molecule has 0 bridgehead atoms. The summed E-state index contributed by atoms with van der Waals surface area (Å²) < 4.78 is 25.7. The average Bonchev–Trinajstić information content (AvgIpc) is 2.93. The molecule has 1 aromatic heterocycles. The Hall–Kier alpha value is -1.57. The molecule has 2 rings (SSSR count). The van der Waals surface area contributed by atoms with Crippen molar-refractivity contribution in [1.82, 2.24) is 4.72 Å². The molecule has 0 fully saturated rings. The van der Waals surface area contributed by atoms with E-state index in [-0.39, 0.29) is 10.9 Å². The Labute approximate surface area is 129 Å². The Morgan fingerprint density at radius 2 is 2.10 bits per heavy atom.